The van der Waals surface area contributed by atoms with Crippen LogP contribution in [0.1, 0.15) is 18.4 Å². The summed E-state index contributed by atoms with van der Waals surface area (Å²) in [6.45, 7) is 2.17. The van der Waals surface area contributed by atoms with Crippen LogP contribution in [0.5, 0.6) is 0 Å². The van der Waals surface area contributed by atoms with E-state index in [0.717, 1.165) is 32.4 Å². The Labute approximate surface area is 134 Å². The van der Waals surface area contributed by atoms with Crippen LogP contribution in [0.25, 0.3) is 0 Å². The molecule has 0 aromatic heterocycles. The Bertz CT molecular complexity index is 469. The van der Waals surface area contributed by atoms with E-state index in [1.54, 1.807) is 0 Å². The van der Waals surface area contributed by atoms with Crippen molar-refractivity contribution in [1.82, 2.24) is 4.90 Å². The van der Waals surface area contributed by atoms with E-state index in [0.29, 0.717) is 12.9 Å². The van der Waals surface area contributed by atoms with Gasteiger partial charge in [-0.05, 0) is 24.3 Å². The summed E-state index contributed by atoms with van der Waals surface area (Å²) in [5.74, 6) is -0.776. The maximum atomic E-state index is 11.4. The number of rotatable bonds is 8. The molecule has 0 aliphatic carbocycles. The molecule has 1 aliphatic rings. The van der Waals surface area contributed by atoms with Crippen LogP contribution in [0.15, 0.2) is 30.3 Å². The Morgan fingerprint density at radius 3 is 2.73 bits per heavy atom. The van der Waals surface area contributed by atoms with E-state index in [9.17, 15) is 9.90 Å². The quantitative estimate of drug-likeness (QED) is 0.715. The van der Waals surface area contributed by atoms with Crippen LogP contribution < -0.4 is 5.73 Å². The van der Waals surface area contributed by atoms with Crippen molar-refractivity contribution in [3.05, 3.63) is 35.9 Å². The molecule has 118 valence electrons. The van der Waals surface area contributed by atoms with Crippen LogP contribution in [-0.2, 0) is 11.2 Å². The molecule has 1 aromatic carbocycles. The lowest BCUT2D eigenvalue weighted by atomic mass is 9.88. The summed E-state index contributed by atoms with van der Waals surface area (Å²) in [5.41, 5.74) is 7.47. The van der Waals surface area contributed by atoms with Crippen molar-refractivity contribution in [2.24, 2.45) is 17.6 Å². The maximum Gasteiger partial charge on any atom is 0.308 e. The van der Waals surface area contributed by atoms with Crippen LogP contribution in [-0.4, -0.2) is 49.5 Å². The van der Waals surface area contributed by atoms with Crippen molar-refractivity contribution in [1.29, 1.82) is 0 Å². The van der Waals surface area contributed by atoms with Crippen molar-refractivity contribution in [3.63, 3.8) is 0 Å². The normalized spacial score (nSPS) is 23.5. The third-order valence-electron chi connectivity index (χ3n) is 4.45. The lowest BCUT2D eigenvalue weighted by Crippen LogP contribution is -2.38. The molecule has 1 heterocycles. The molecule has 1 saturated heterocycles. The van der Waals surface area contributed by atoms with Crippen molar-refractivity contribution >= 4 is 13.8 Å². The molecular weight excluding hydrogens is 275 g/mol. The van der Waals surface area contributed by atoms with Gasteiger partial charge in [0.05, 0.1) is 13.8 Å². The molecule has 0 saturated carbocycles. The first-order valence-electron chi connectivity index (χ1n) is 8.05. The Morgan fingerprint density at radius 1 is 1.36 bits per heavy atom. The van der Waals surface area contributed by atoms with Gasteiger partial charge in [-0.1, -0.05) is 43.1 Å². The van der Waals surface area contributed by atoms with Gasteiger partial charge < -0.3 is 15.7 Å². The number of hydrogen-bond acceptors (Lipinski definition) is 3. The van der Waals surface area contributed by atoms with Gasteiger partial charge in [0.1, 0.15) is 0 Å². The summed E-state index contributed by atoms with van der Waals surface area (Å²) >= 11 is 0. The number of likely N-dealkylation sites (tertiary alicyclic amines) is 1. The monoisotopic (exact) mass is 300 g/mol. The number of carbonyl (C=O) groups is 1. The molecule has 3 atom stereocenters. The van der Waals surface area contributed by atoms with Crippen molar-refractivity contribution in [3.8, 4) is 0 Å². The predicted octanol–water partition coefficient (Wildman–Crippen LogP) is 1.56. The van der Waals surface area contributed by atoms with E-state index in [1.165, 1.54) is 5.56 Å². The zero-order valence-electron chi connectivity index (χ0n) is 13.0. The Kier molecular flexibility index (Phi) is 6.46. The second-order valence-electron chi connectivity index (χ2n) is 6.30. The standard InChI is InChI=1S/C17H25BN2O2/c18-8-4-7-14-10-20(12-16(14)17(21)22)11-15(19)9-13-5-2-1-3-6-13/h1-3,5-6,14-16H,4,7-12,19H2,(H,21,22)/t14-,15?,16+/m0/s1. The highest BCUT2D eigenvalue weighted by Crippen LogP contribution is 2.28. The van der Waals surface area contributed by atoms with Gasteiger partial charge in [-0.2, -0.15) is 0 Å². The van der Waals surface area contributed by atoms with E-state index >= 15 is 0 Å². The van der Waals surface area contributed by atoms with Gasteiger partial charge in [0.15, 0.2) is 0 Å². The number of nitrogens with two attached hydrogens (primary N) is 1. The summed E-state index contributed by atoms with van der Waals surface area (Å²) in [6, 6.07) is 10.2. The minimum Gasteiger partial charge on any atom is -0.481 e. The zero-order valence-corrected chi connectivity index (χ0v) is 13.0. The third-order valence-corrected chi connectivity index (χ3v) is 4.45. The number of carboxylic acids is 1. The van der Waals surface area contributed by atoms with Crippen LogP contribution in [0.4, 0.5) is 0 Å². The van der Waals surface area contributed by atoms with Gasteiger partial charge in [-0.15, -0.1) is 0 Å². The average Bonchev–Trinajstić information content (AvgIpc) is 2.89. The fraction of sp³-hybridized carbons (Fsp3) is 0.588. The van der Waals surface area contributed by atoms with Crippen molar-refractivity contribution in [2.75, 3.05) is 19.6 Å². The van der Waals surface area contributed by atoms with Crippen LogP contribution in [0.3, 0.4) is 0 Å². The van der Waals surface area contributed by atoms with Gasteiger partial charge in [0.2, 0.25) is 0 Å². The van der Waals surface area contributed by atoms with Gasteiger partial charge in [0, 0.05) is 25.7 Å². The lowest BCUT2D eigenvalue weighted by Gasteiger charge is -2.21. The number of hydrogen-bond donors (Lipinski definition) is 2. The van der Waals surface area contributed by atoms with Crippen LogP contribution in [0.2, 0.25) is 6.32 Å². The van der Waals surface area contributed by atoms with Gasteiger partial charge in [0.25, 0.3) is 0 Å². The van der Waals surface area contributed by atoms with Gasteiger partial charge in [-0.3, -0.25) is 4.79 Å². The SMILES string of the molecule is [B]CCC[C@H]1CN(CC(N)Cc2ccccc2)C[C@H]1C(=O)O. The molecular formula is C17H25BN2O2. The van der Waals surface area contributed by atoms with E-state index in [-0.39, 0.29) is 17.9 Å². The molecule has 1 aromatic rings. The topological polar surface area (TPSA) is 66.6 Å². The highest BCUT2D eigenvalue weighted by atomic mass is 16.4. The maximum absolute atomic E-state index is 11.4. The van der Waals surface area contributed by atoms with E-state index in [2.05, 4.69) is 17.0 Å². The first-order valence-corrected chi connectivity index (χ1v) is 8.05. The number of aliphatic carboxylic acids is 1. The largest absolute Gasteiger partial charge is 0.481 e. The Hall–Kier alpha value is -1.33. The van der Waals surface area contributed by atoms with E-state index in [4.69, 9.17) is 13.6 Å². The molecule has 0 bridgehead atoms. The Balaban J connectivity index is 1.86. The molecule has 2 rings (SSSR count). The average molecular weight is 300 g/mol. The minimum absolute atomic E-state index is 0.0325. The third kappa shape index (κ3) is 4.85. The molecule has 1 unspecified atom stereocenters. The highest BCUT2D eigenvalue weighted by molar-refractivity contribution is 6.08. The second kappa shape index (κ2) is 8.35. The van der Waals surface area contributed by atoms with Crippen molar-refractivity contribution in [2.45, 2.75) is 31.6 Å². The minimum atomic E-state index is -0.693. The second-order valence-corrected chi connectivity index (χ2v) is 6.30. The summed E-state index contributed by atoms with van der Waals surface area (Å²) < 4.78 is 0. The van der Waals surface area contributed by atoms with E-state index in [1.807, 2.05) is 18.2 Å². The predicted molar refractivity (Wildman–Crippen MR) is 89.0 cm³/mol. The lowest BCUT2D eigenvalue weighted by molar-refractivity contribution is -0.142. The smallest absolute Gasteiger partial charge is 0.308 e. The molecule has 2 radical (unpaired) electrons. The molecule has 1 fully saturated rings. The van der Waals surface area contributed by atoms with Crippen molar-refractivity contribution < 1.29 is 9.90 Å². The summed E-state index contributed by atoms with van der Waals surface area (Å²) in [6.07, 6.45) is 3.22. The molecule has 22 heavy (non-hydrogen) atoms. The first-order chi connectivity index (χ1) is 10.6. The van der Waals surface area contributed by atoms with Gasteiger partial charge in [-0.25, -0.2) is 0 Å². The number of nitrogens with zero attached hydrogens (tertiary/aromatic N) is 1. The number of carboxylic acid groups (broad SMARTS) is 1. The zero-order chi connectivity index (χ0) is 15.9. The molecule has 0 amide bonds. The van der Waals surface area contributed by atoms with E-state index < -0.39 is 5.97 Å². The van der Waals surface area contributed by atoms with Gasteiger partial charge >= 0.3 is 5.97 Å². The van der Waals surface area contributed by atoms with Crippen LogP contribution in [0, 0.1) is 11.8 Å². The Morgan fingerprint density at radius 2 is 2.09 bits per heavy atom. The fourth-order valence-electron chi connectivity index (χ4n) is 3.38. The van der Waals surface area contributed by atoms with Crippen LogP contribution >= 0.6 is 0 Å². The molecule has 1 aliphatic heterocycles. The molecule has 3 N–H and O–H groups in total. The summed E-state index contributed by atoms with van der Waals surface area (Å²) in [5, 5.41) is 9.38. The number of benzene rings is 1. The highest BCUT2D eigenvalue weighted by Gasteiger charge is 2.37. The molecule has 4 nitrogen and oxygen atoms in total. The molecule has 0 spiro atoms. The first kappa shape index (κ1) is 17.0. The molecule has 5 heteroatoms. The fourth-order valence-corrected chi connectivity index (χ4v) is 3.38. The summed E-state index contributed by atoms with van der Waals surface area (Å²) in [7, 11) is 5.55. The summed E-state index contributed by atoms with van der Waals surface area (Å²) in [4.78, 5) is 13.6.